The highest BCUT2D eigenvalue weighted by Gasteiger charge is 2.33. The maximum atomic E-state index is 14.1. The molecule has 29 heavy (non-hydrogen) atoms. The van der Waals surface area contributed by atoms with Crippen LogP contribution in [0.25, 0.3) is 0 Å². The van der Waals surface area contributed by atoms with Gasteiger partial charge in [0, 0.05) is 4.47 Å². The van der Waals surface area contributed by atoms with E-state index in [1.807, 2.05) is 0 Å². The molecule has 0 aliphatic heterocycles. The SMILES string of the molecule is N#CC(C#N)=C(C#N)Nc1cc(Br)ccc1Oc1c(F)cc(C(F)(F)F)cc1F. The van der Waals surface area contributed by atoms with Crippen LogP contribution in [0, 0.1) is 45.6 Å². The Morgan fingerprint density at radius 1 is 0.966 bits per heavy atom. The van der Waals surface area contributed by atoms with E-state index in [1.165, 1.54) is 30.3 Å². The summed E-state index contributed by atoms with van der Waals surface area (Å²) in [5.74, 6) is -4.59. The van der Waals surface area contributed by atoms with E-state index < -0.39 is 40.4 Å². The lowest BCUT2D eigenvalue weighted by atomic mass is 10.2. The van der Waals surface area contributed by atoms with Crippen LogP contribution < -0.4 is 10.1 Å². The molecular formula is C18H6BrF5N4O. The Hall–Kier alpha value is -3.62. The number of allylic oxidation sites excluding steroid dienone is 2. The largest absolute Gasteiger partial charge is 0.449 e. The molecular weight excluding hydrogens is 463 g/mol. The van der Waals surface area contributed by atoms with Gasteiger partial charge in [0.2, 0.25) is 0 Å². The Balaban J connectivity index is 2.52. The number of halogens is 6. The normalized spacial score (nSPS) is 10.3. The molecule has 146 valence electrons. The van der Waals surface area contributed by atoms with Gasteiger partial charge in [0.25, 0.3) is 0 Å². The first-order chi connectivity index (χ1) is 13.6. The molecule has 0 amide bonds. The quantitative estimate of drug-likeness (QED) is 0.453. The van der Waals surface area contributed by atoms with E-state index in [9.17, 15) is 22.0 Å². The van der Waals surface area contributed by atoms with Crippen LogP contribution in [0.15, 0.2) is 46.1 Å². The minimum atomic E-state index is -4.96. The van der Waals surface area contributed by atoms with Crippen LogP contribution in [-0.2, 0) is 6.18 Å². The highest BCUT2D eigenvalue weighted by Crippen LogP contribution is 2.38. The first-order valence-electron chi connectivity index (χ1n) is 7.36. The topological polar surface area (TPSA) is 92.6 Å². The van der Waals surface area contributed by atoms with Crippen molar-refractivity contribution in [2.75, 3.05) is 5.32 Å². The zero-order valence-corrected chi connectivity index (χ0v) is 15.5. The summed E-state index contributed by atoms with van der Waals surface area (Å²) >= 11 is 3.13. The molecule has 5 nitrogen and oxygen atoms in total. The Bertz CT molecular complexity index is 1080. The second-order valence-electron chi connectivity index (χ2n) is 5.22. The van der Waals surface area contributed by atoms with Gasteiger partial charge in [-0.05, 0) is 30.3 Å². The Kier molecular flexibility index (Phi) is 6.42. The van der Waals surface area contributed by atoms with Crippen molar-refractivity contribution in [3.63, 3.8) is 0 Å². The summed E-state index contributed by atoms with van der Waals surface area (Å²) in [5.41, 5.74) is -2.65. The fourth-order valence-electron chi connectivity index (χ4n) is 2.04. The number of anilines is 1. The minimum absolute atomic E-state index is 0.0778. The van der Waals surface area contributed by atoms with Crippen molar-refractivity contribution in [3.8, 4) is 29.7 Å². The van der Waals surface area contributed by atoms with Gasteiger partial charge in [-0.15, -0.1) is 0 Å². The smallest absolute Gasteiger partial charge is 0.416 e. The van der Waals surface area contributed by atoms with E-state index in [4.69, 9.17) is 20.5 Å². The summed E-state index contributed by atoms with van der Waals surface area (Å²) in [6.45, 7) is 0. The Labute approximate surface area is 169 Å². The average molecular weight is 469 g/mol. The summed E-state index contributed by atoms with van der Waals surface area (Å²) < 4.78 is 71.6. The maximum absolute atomic E-state index is 14.1. The summed E-state index contributed by atoms with van der Waals surface area (Å²) in [7, 11) is 0. The van der Waals surface area contributed by atoms with Gasteiger partial charge in [0.05, 0.1) is 11.3 Å². The standard InChI is InChI=1S/C18H6BrF5N4O/c19-11-1-2-16(14(5-11)28-15(8-27)9(6-25)7-26)29-17-12(20)3-10(4-13(17)21)18(22,23)24/h1-5,28H. The highest BCUT2D eigenvalue weighted by molar-refractivity contribution is 9.10. The monoisotopic (exact) mass is 468 g/mol. The van der Waals surface area contributed by atoms with E-state index >= 15 is 0 Å². The van der Waals surface area contributed by atoms with Gasteiger partial charge in [-0.1, -0.05) is 15.9 Å². The molecule has 2 aromatic rings. The molecule has 1 N–H and O–H groups in total. The van der Waals surface area contributed by atoms with Crippen LogP contribution in [0.1, 0.15) is 5.56 Å². The van der Waals surface area contributed by atoms with Crippen LogP contribution in [0.3, 0.4) is 0 Å². The lowest BCUT2D eigenvalue weighted by Crippen LogP contribution is -2.07. The number of hydrogen-bond donors (Lipinski definition) is 1. The van der Waals surface area contributed by atoms with E-state index in [2.05, 4.69) is 21.2 Å². The number of nitrogens with one attached hydrogen (secondary N) is 1. The number of alkyl halides is 3. The molecule has 0 atom stereocenters. The number of nitrogens with zero attached hydrogens (tertiary/aromatic N) is 3. The predicted molar refractivity (Wildman–Crippen MR) is 93.1 cm³/mol. The van der Waals surface area contributed by atoms with Crippen LogP contribution in [0.2, 0.25) is 0 Å². The molecule has 2 rings (SSSR count). The molecule has 0 aliphatic carbocycles. The van der Waals surface area contributed by atoms with Crippen molar-refractivity contribution < 1.29 is 26.7 Å². The fourth-order valence-corrected chi connectivity index (χ4v) is 2.40. The molecule has 2 aromatic carbocycles. The van der Waals surface area contributed by atoms with Gasteiger partial charge < -0.3 is 10.1 Å². The van der Waals surface area contributed by atoms with Crippen LogP contribution in [0.5, 0.6) is 11.5 Å². The van der Waals surface area contributed by atoms with Crippen LogP contribution in [-0.4, -0.2) is 0 Å². The van der Waals surface area contributed by atoms with Crippen molar-refractivity contribution in [2.24, 2.45) is 0 Å². The zero-order valence-electron chi connectivity index (χ0n) is 13.9. The number of rotatable bonds is 4. The molecule has 0 aliphatic rings. The Morgan fingerprint density at radius 2 is 1.55 bits per heavy atom. The molecule has 0 unspecified atom stereocenters. The first kappa shape index (κ1) is 21.7. The zero-order chi connectivity index (χ0) is 21.8. The highest BCUT2D eigenvalue weighted by atomic mass is 79.9. The van der Waals surface area contributed by atoms with Gasteiger partial charge in [0.1, 0.15) is 23.9 Å². The number of benzene rings is 2. The van der Waals surface area contributed by atoms with Gasteiger partial charge in [-0.2, -0.15) is 29.0 Å². The van der Waals surface area contributed by atoms with Gasteiger partial charge in [-0.3, -0.25) is 0 Å². The third-order valence-electron chi connectivity index (χ3n) is 3.32. The lowest BCUT2D eigenvalue weighted by Gasteiger charge is -2.15. The fraction of sp³-hybridized carbons (Fsp3) is 0.0556. The van der Waals surface area contributed by atoms with Crippen molar-refractivity contribution >= 4 is 21.6 Å². The van der Waals surface area contributed by atoms with Gasteiger partial charge in [-0.25, -0.2) is 8.78 Å². The summed E-state index contributed by atoms with van der Waals surface area (Å²) in [4.78, 5) is 0. The number of ether oxygens (including phenoxy) is 1. The minimum Gasteiger partial charge on any atom is -0.449 e. The average Bonchev–Trinajstić information content (AvgIpc) is 2.65. The molecule has 0 fully saturated rings. The Morgan fingerprint density at radius 3 is 2.03 bits per heavy atom. The number of hydrogen-bond acceptors (Lipinski definition) is 5. The van der Waals surface area contributed by atoms with E-state index in [1.54, 1.807) is 6.07 Å². The number of nitriles is 3. The van der Waals surface area contributed by atoms with Crippen LogP contribution >= 0.6 is 15.9 Å². The summed E-state index contributed by atoms with van der Waals surface area (Å²) in [6, 6.07) is 8.65. The van der Waals surface area contributed by atoms with E-state index in [0.717, 1.165) is 0 Å². The molecule has 0 bridgehead atoms. The molecule has 0 saturated carbocycles. The second kappa shape index (κ2) is 8.59. The summed E-state index contributed by atoms with van der Waals surface area (Å²) in [6.07, 6.45) is -4.96. The second-order valence-corrected chi connectivity index (χ2v) is 6.14. The van der Waals surface area contributed by atoms with E-state index in [0.29, 0.717) is 4.47 Å². The van der Waals surface area contributed by atoms with E-state index in [-0.39, 0.29) is 23.6 Å². The molecule has 0 aromatic heterocycles. The lowest BCUT2D eigenvalue weighted by molar-refractivity contribution is -0.138. The third-order valence-corrected chi connectivity index (χ3v) is 3.82. The van der Waals surface area contributed by atoms with Crippen molar-refractivity contribution in [1.29, 1.82) is 15.8 Å². The molecule has 0 spiro atoms. The first-order valence-corrected chi connectivity index (χ1v) is 8.15. The maximum Gasteiger partial charge on any atom is 0.416 e. The third kappa shape index (κ3) is 5.01. The molecule has 0 radical (unpaired) electrons. The predicted octanol–water partition coefficient (Wildman–Crippen LogP) is 5.78. The van der Waals surface area contributed by atoms with Crippen molar-refractivity contribution in [1.82, 2.24) is 0 Å². The summed E-state index contributed by atoms with van der Waals surface area (Å²) in [5, 5.41) is 29.3. The van der Waals surface area contributed by atoms with Crippen LogP contribution in [0.4, 0.5) is 27.6 Å². The molecule has 11 heteroatoms. The molecule has 0 saturated heterocycles. The van der Waals surface area contributed by atoms with Crippen molar-refractivity contribution in [2.45, 2.75) is 6.18 Å². The van der Waals surface area contributed by atoms with Gasteiger partial charge in [0.15, 0.2) is 28.7 Å². The van der Waals surface area contributed by atoms with Crippen molar-refractivity contribution in [3.05, 3.63) is 63.3 Å². The molecule has 0 heterocycles. The van der Waals surface area contributed by atoms with Gasteiger partial charge >= 0.3 is 6.18 Å².